The van der Waals surface area contributed by atoms with E-state index in [1.54, 1.807) is 30.3 Å². The summed E-state index contributed by atoms with van der Waals surface area (Å²) in [7, 11) is 0. The molecule has 7 heteroatoms. The fraction of sp³-hybridized carbons (Fsp3) is 0.143. The van der Waals surface area contributed by atoms with Gasteiger partial charge in [0.15, 0.2) is 0 Å². The molecule has 0 spiro atoms. The minimum atomic E-state index is -1.02. The van der Waals surface area contributed by atoms with E-state index in [4.69, 9.17) is 11.6 Å². The lowest BCUT2D eigenvalue weighted by Gasteiger charge is -2.13. The molecule has 6 nitrogen and oxygen atoms in total. The van der Waals surface area contributed by atoms with Crippen molar-refractivity contribution in [2.45, 2.75) is 5.92 Å². The number of nitrogens with zero attached hydrogens (tertiary/aromatic N) is 2. The first-order valence-electron chi connectivity index (χ1n) is 6.11. The number of carbonyl (C=O) groups is 2. The quantitative estimate of drug-likeness (QED) is 0.877. The molecular formula is C14H12ClN3O3. The second kappa shape index (κ2) is 6.81. The Morgan fingerprint density at radius 1 is 1.24 bits per heavy atom. The highest BCUT2D eigenvalue weighted by atomic mass is 35.5. The molecule has 2 N–H and O–H groups in total. The van der Waals surface area contributed by atoms with E-state index in [-0.39, 0.29) is 17.4 Å². The van der Waals surface area contributed by atoms with E-state index in [0.717, 1.165) is 0 Å². The first-order chi connectivity index (χ1) is 10.1. The maximum Gasteiger partial charge on any atom is 0.312 e. The van der Waals surface area contributed by atoms with E-state index in [1.165, 1.54) is 12.4 Å². The van der Waals surface area contributed by atoms with Gasteiger partial charge in [0, 0.05) is 6.54 Å². The lowest BCUT2D eigenvalue weighted by Crippen LogP contribution is -2.32. The Morgan fingerprint density at radius 3 is 2.57 bits per heavy atom. The summed E-state index contributed by atoms with van der Waals surface area (Å²) in [5.74, 6) is -2.37. The van der Waals surface area contributed by atoms with Crippen LogP contribution in [0.3, 0.4) is 0 Å². The molecule has 1 aromatic heterocycles. The van der Waals surface area contributed by atoms with Crippen molar-refractivity contribution < 1.29 is 14.7 Å². The molecule has 2 aromatic rings. The van der Waals surface area contributed by atoms with Crippen LogP contribution < -0.4 is 5.32 Å². The summed E-state index contributed by atoms with van der Waals surface area (Å²) in [6.45, 7) is -0.0492. The smallest absolute Gasteiger partial charge is 0.312 e. The first-order valence-corrected chi connectivity index (χ1v) is 6.49. The average Bonchev–Trinajstić information content (AvgIpc) is 2.48. The van der Waals surface area contributed by atoms with Crippen molar-refractivity contribution >= 4 is 23.5 Å². The number of carboxylic acid groups (broad SMARTS) is 1. The summed E-state index contributed by atoms with van der Waals surface area (Å²) in [5, 5.41) is 11.9. The third-order valence-electron chi connectivity index (χ3n) is 2.80. The summed E-state index contributed by atoms with van der Waals surface area (Å²) in [6.07, 6.45) is 2.57. The van der Waals surface area contributed by atoms with Gasteiger partial charge in [-0.2, -0.15) is 0 Å². The molecule has 1 aromatic carbocycles. The Morgan fingerprint density at radius 2 is 1.95 bits per heavy atom. The molecule has 108 valence electrons. The number of benzene rings is 1. The van der Waals surface area contributed by atoms with E-state index >= 15 is 0 Å². The topological polar surface area (TPSA) is 92.2 Å². The highest BCUT2D eigenvalue weighted by molar-refractivity contribution is 6.29. The van der Waals surface area contributed by atoms with Crippen LogP contribution in [0.2, 0.25) is 5.15 Å². The van der Waals surface area contributed by atoms with Gasteiger partial charge < -0.3 is 10.4 Å². The zero-order valence-electron chi connectivity index (χ0n) is 10.9. The van der Waals surface area contributed by atoms with E-state index in [1.807, 2.05) is 0 Å². The van der Waals surface area contributed by atoms with Crippen molar-refractivity contribution in [3.63, 3.8) is 0 Å². The highest BCUT2D eigenvalue weighted by Crippen LogP contribution is 2.15. The molecule has 1 heterocycles. The molecule has 0 saturated carbocycles. The maximum atomic E-state index is 11.9. The number of amides is 1. The molecule has 0 saturated heterocycles. The number of halogens is 1. The second-order valence-corrected chi connectivity index (χ2v) is 4.63. The Labute approximate surface area is 125 Å². The number of hydrogen-bond acceptors (Lipinski definition) is 4. The van der Waals surface area contributed by atoms with E-state index < -0.39 is 17.8 Å². The van der Waals surface area contributed by atoms with Crippen molar-refractivity contribution in [3.8, 4) is 0 Å². The predicted octanol–water partition coefficient (Wildman–Crippen LogP) is 1.73. The molecule has 0 aliphatic rings. The maximum absolute atomic E-state index is 11.9. The standard InChI is InChI=1S/C14H12ClN3O3/c15-12-8-16-7-11(18-12)13(19)17-6-10(14(20)21)9-4-2-1-3-5-9/h1-5,7-8,10H,6H2,(H,17,19)(H,20,21). The van der Waals surface area contributed by atoms with Gasteiger partial charge in [0.25, 0.3) is 5.91 Å². The van der Waals surface area contributed by atoms with Crippen LogP contribution in [-0.2, 0) is 4.79 Å². The van der Waals surface area contributed by atoms with Gasteiger partial charge >= 0.3 is 5.97 Å². The minimum absolute atomic E-state index is 0.0414. The number of carboxylic acids is 1. The molecule has 0 fully saturated rings. The largest absolute Gasteiger partial charge is 0.481 e. The van der Waals surface area contributed by atoms with Crippen LogP contribution in [0.4, 0.5) is 0 Å². The van der Waals surface area contributed by atoms with E-state index in [9.17, 15) is 14.7 Å². The van der Waals surface area contributed by atoms with Crippen LogP contribution in [0.15, 0.2) is 42.7 Å². The van der Waals surface area contributed by atoms with Gasteiger partial charge in [0.05, 0.1) is 18.3 Å². The molecule has 0 aliphatic heterocycles. The Hall–Kier alpha value is -2.47. The van der Waals surface area contributed by atoms with Gasteiger partial charge in [0.2, 0.25) is 0 Å². The summed E-state index contributed by atoms with van der Waals surface area (Å²) in [5.41, 5.74) is 0.655. The van der Waals surface area contributed by atoms with Gasteiger partial charge in [-0.25, -0.2) is 4.98 Å². The summed E-state index contributed by atoms with van der Waals surface area (Å²) >= 11 is 5.65. The molecule has 2 rings (SSSR count). The Bertz CT molecular complexity index is 649. The third kappa shape index (κ3) is 4.00. The zero-order valence-corrected chi connectivity index (χ0v) is 11.6. The highest BCUT2D eigenvalue weighted by Gasteiger charge is 2.21. The molecular weight excluding hydrogens is 294 g/mol. The number of carbonyl (C=O) groups excluding carboxylic acids is 1. The van der Waals surface area contributed by atoms with Gasteiger partial charge in [-0.1, -0.05) is 41.9 Å². The van der Waals surface area contributed by atoms with E-state index in [0.29, 0.717) is 5.56 Å². The fourth-order valence-electron chi connectivity index (χ4n) is 1.77. The number of aromatic nitrogens is 2. The lowest BCUT2D eigenvalue weighted by molar-refractivity contribution is -0.138. The van der Waals surface area contributed by atoms with Crippen LogP contribution in [0.25, 0.3) is 0 Å². The minimum Gasteiger partial charge on any atom is -0.481 e. The fourth-order valence-corrected chi connectivity index (χ4v) is 1.92. The molecule has 0 bridgehead atoms. The SMILES string of the molecule is O=C(NCC(C(=O)O)c1ccccc1)c1cncc(Cl)n1. The first kappa shape index (κ1) is 14.9. The number of nitrogens with one attached hydrogen (secondary N) is 1. The van der Waals surface area contributed by atoms with Crippen LogP contribution in [-0.4, -0.2) is 33.5 Å². The molecule has 1 amide bonds. The summed E-state index contributed by atoms with van der Waals surface area (Å²) in [4.78, 5) is 30.8. The number of aliphatic carboxylic acids is 1. The zero-order chi connectivity index (χ0) is 15.2. The van der Waals surface area contributed by atoms with Crippen LogP contribution in [0, 0.1) is 0 Å². The van der Waals surface area contributed by atoms with Gasteiger partial charge in [0.1, 0.15) is 10.8 Å². The Balaban J connectivity index is 2.06. The van der Waals surface area contributed by atoms with Crippen LogP contribution in [0.1, 0.15) is 22.0 Å². The molecule has 21 heavy (non-hydrogen) atoms. The number of hydrogen-bond donors (Lipinski definition) is 2. The van der Waals surface area contributed by atoms with Crippen molar-refractivity contribution in [2.24, 2.45) is 0 Å². The molecule has 1 atom stereocenters. The normalized spacial score (nSPS) is 11.7. The van der Waals surface area contributed by atoms with Gasteiger partial charge in [-0.3, -0.25) is 14.6 Å². The molecule has 1 unspecified atom stereocenters. The Kier molecular flexibility index (Phi) is 4.84. The van der Waals surface area contributed by atoms with Gasteiger partial charge in [-0.15, -0.1) is 0 Å². The predicted molar refractivity (Wildman–Crippen MR) is 76.2 cm³/mol. The number of rotatable bonds is 5. The second-order valence-electron chi connectivity index (χ2n) is 4.24. The van der Waals surface area contributed by atoms with Gasteiger partial charge in [-0.05, 0) is 5.56 Å². The van der Waals surface area contributed by atoms with Crippen molar-refractivity contribution in [1.29, 1.82) is 0 Å². The van der Waals surface area contributed by atoms with Crippen molar-refractivity contribution in [3.05, 3.63) is 59.1 Å². The lowest BCUT2D eigenvalue weighted by atomic mass is 9.99. The summed E-state index contributed by atoms with van der Waals surface area (Å²) < 4.78 is 0. The molecule has 0 aliphatic carbocycles. The van der Waals surface area contributed by atoms with Crippen molar-refractivity contribution in [2.75, 3.05) is 6.54 Å². The van der Waals surface area contributed by atoms with E-state index in [2.05, 4.69) is 15.3 Å². The summed E-state index contributed by atoms with van der Waals surface area (Å²) in [6, 6.07) is 8.68. The average molecular weight is 306 g/mol. The van der Waals surface area contributed by atoms with Crippen LogP contribution >= 0.6 is 11.6 Å². The monoisotopic (exact) mass is 305 g/mol. The third-order valence-corrected chi connectivity index (χ3v) is 2.99. The molecule has 0 radical (unpaired) electrons. The van der Waals surface area contributed by atoms with Crippen LogP contribution in [0.5, 0.6) is 0 Å². The van der Waals surface area contributed by atoms with Crippen molar-refractivity contribution in [1.82, 2.24) is 15.3 Å².